The van der Waals surface area contributed by atoms with Gasteiger partial charge in [-0.3, -0.25) is 4.79 Å². The van der Waals surface area contributed by atoms with Gasteiger partial charge in [-0.05, 0) is 60.2 Å². The zero-order valence-electron chi connectivity index (χ0n) is 22.8. The summed E-state index contributed by atoms with van der Waals surface area (Å²) in [6.07, 6.45) is 24.5. The van der Waals surface area contributed by atoms with Crippen molar-refractivity contribution >= 4 is 23.6 Å². The van der Waals surface area contributed by atoms with E-state index in [1.54, 1.807) is 13.2 Å². The van der Waals surface area contributed by atoms with Crippen molar-refractivity contribution in [1.82, 2.24) is 0 Å². The largest absolute Gasteiger partial charge is 0.497 e. The minimum atomic E-state index is 0.0248. The van der Waals surface area contributed by atoms with E-state index >= 15 is 0 Å². The van der Waals surface area contributed by atoms with E-state index in [4.69, 9.17) is 4.74 Å². The predicted molar refractivity (Wildman–Crippen MR) is 158 cm³/mol. The smallest absolute Gasteiger partial charge is 0.185 e. The Morgan fingerprint density at radius 3 is 1.86 bits per heavy atom. The van der Waals surface area contributed by atoms with Gasteiger partial charge in [-0.1, -0.05) is 115 Å². The predicted octanol–water partition coefficient (Wildman–Crippen LogP) is 10.6. The van der Waals surface area contributed by atoms with Crippen LogP contribution >= 0.6 is 11.8 Å². The van der Waals surface area contributed by atoms with Crippen LogP contribution in [0.2, 0.25) is 0 Å². The molecule has 0 radical (unpaired) electrons. The SMILES string of the molecule is CCCCCCCCCCCCCCCCCSc1ccc(C(=O)/C=C/c2cccc(OC)c2)cc1. The van der Waals surface area contributed by atoms with Crippen molar-refractivity contribution < 1.29 is 9.53 Å². The molecular formula is C33H48O2S. The molecule has 2 nitrogen and oxygen atoms in total. The highest BCUT2D eigenvalue weighted by Crippen LogP contribution is 2.21. The van der Waals surface area contributed by atoms with E-state index in [0.717, 1.165) is 22.6 Å². The van der Waals surface area contributed by atoms with Crippen molar-refractivity contribution in [2.75, 3.05) is 12.9 Å². The van der Waals surface area contributed by atoms with Gasteiger partial charge >= 0.3 is 0 Å². The Morgan fingerprint density at radius 1 is 0.750 bits per heavy atom. The molecule has 0 saturated carbocycles. The number of allylic oxidation sites excluding steroid dienone is 1. The topological polar surface area (TPSA) is 26.3 Å². The molecule has 0 N–H and O–H groups in total. The summed E-state index contributed by atoms with van der Waals surface area (Å²) in [5, 5.41) is 0. The first-order valence-electron chi connectivity index (χ1n) is 14.3. The number of carbonyl (C=O) groups is 1. The van der Waals surface area contributed by atoms with Crippen LogP contribution in [0, 0.1) is 0 Å². The molecule has 198 valence electrons. The molecule has 0 fully saturated rings. The molecule has 2 aromatic carbocycles. The highest BCUT2D eigenvalue weighted by molar-refractivity contribution is 7.99. The lowest BCUT2D eigenvalue weighted by molar-refractivity contribution is 0.104. The quantitative estimate of drug-likeness (QED) is 0.0726. The van der Waals surface area contributed by atoms with Gasteiger partial charge in [-0.2, -0.15) is 0 Å². The van der Waals surface area contributed by atoms with E-state index < -0.39 is 0 Å². The maximum Gasteiger partial charge on any atom is 0.185 e. The van der Waals surface area contributed by atoms with Crippen LogP contribution in [0.5, 0.6) is 5.75 Å². The van der Waals surface area contributed by atoms with Crippen molar-refractivity contribution in [2.24, 2.45) is 0 Å². The minimum Gasteiger partial charge on any atom is -0.497 e. The number of benzene rings is 2. The summed E-state index contributed by atoms with van der Waals surface area (Å²) in [6.45, 7) is 2.29. The standard InChI is InChI=1S/C33H48O2S/c1-3-4-5-6-7-8-9-10-11-12-13-14-15-16-17-27-36-32-24-22-30(23-25-32)33(34)26-21-29-19-18-20-31(28-29)35-2/h18-26,28H,3-17,27H2,1-2H3/b26-21+. The zero-order valence-corrected chi connectivity index (χ0v) is 23.6. The Bertz CT molecular complexity index is 856. The fraction of sp³-hybridized carbons (Fsp3) is 0.545. The Hall–Kier alpha value is -2.00. The Kier molecular flexibility index (Phi) is 16.9. The second-order valence-corrected chi connectivity index (χ2v) is 11.0. The second-order valence-electron chi connectivity index (χ2n) is 9.80. The summed E-state index contributed by atoms with van der Waals surface area (Å²) < 4.78 is 5.23. The molecule has 2 rings (SSSR count). The number of rotatable bonds is 21. The van der Waals surface area contributed by atoms with Crippen LogP contribution in [-0.4, -0.2) is 18.6 Å². The lowest BCUT2D eigenvalue weighted by atomic mass is 10.0. The number of methoxy groups -OCH3 is 1. The van der Waals surface area contributed by atoms with Gasteiger partial charge in [0.1, 0.15) is 5.75 Å². The molecule has 0 amide bonds. The first-order valence-corrected chi connectivity index (χ1v) is 15.3. The van der Waals surface area contributed by atoms with Crippen LogP contribution in [0.4, 0.5) is 0 Å². The summed E-state index contributed by atoms with van der Waals surface area (Å²) in [4.78, 5) is 13.7. The van der Waals surface area contributed by atoms with Crippen molar-refractivity contribution in [3.8, 4) is 5.75 Å². The normalized spacial score (nSPS) is 11.3. The first kappa shape index (κ1) is 30.2. The molecular weight excluding hydrogens is 460 g/mol. The van der Waals surface area contributed by atoms with Crippen molar-refractivity contribution in [3.63, 3.8) is 0 Å². The van der Waals surface area contributed by atoms with Crippen LogP contribution < -0.4 is 4.74 Å². The number of thioether (sulfide) groups is 1. The molecule has 0 spiro atoms. The number of unbranched alkanes of at least 4 members (excludes halogenated alkanes) is 14. The second kappa shape index (κ2) is 20.1. The van der Waals surface area contributed by atoms with Crippen molar-refractivity contribution in [1.29, 1.82) is 0 Å². The van der Waals surface area contributed by atoms with Crippen LogP contribution in [0.3, 0.4) is 0 Å². The van der Waals surface area contributed by atoms with Crippen LogP contribution in [-0.2, 0) is 0 Å². The highest BCUT2D eigenvalue weighted by Gasteiger charge is 2.03. The van der Waals surface area contributed by atoms with Crippen LogP contribution in [0.15, 0.2) is 59.5 Å². The molecule has 0 bridgehead atoms. The molecule has 0 aromatic heterocycles. The number of hydrogen-bond acceptors (Lipinski definition) is 3. The third-order valence-electron chi connectivity index (χ3n) is 6.68. The molecule has 0 aliphatic rings. The molecule has 0 unspecified atom stereocenters. The Labute approximate surface area is 225 Å². The minimum absolute atomic E-state index is 0.0248. The van der Waals surface area contributed by atoms with Gasteiger partial charge in [0.05, 0.1) is 7.11 Å². The molecule has 0 aliphatic heterocycles. The van der Waals surface area contributed by atoms with Gasteiger partial charge < -0.3 is 4.74 Å². The summed E-state index contributed by atoms with van der Waals surface area (Å²) in [7, 11) is 1.65. The molecule has 2 aromatic rings. The molecule has 36 heavy (non-hydrogen) atoms. The molecule has 0 atom stereocenters. The lowest BCUT2D eigenvalue weighted by Gasteiger charge is -2.04. The van der Waals surface area contributed by atoms with Crippen molar-refractivity contribution in [2.45, 2.75) is 108 Å². The summed E-state index contributed by atoms with van der Waals surface area (Å²) >= 11 is 1.90. The maximum absolute atomic E-state index is 12.5. The fourth-order valence-electron chi connectivity index (χ4n) is 4.39. The van der Waals surface area contributed by atoms with E-state index in [-0.39, 0.29) is 5.78 Å². The van der Waals surface area contributed by atoms with Gasteiger partial charge in [-0.15, -0.1) is 11.8 Å². The summed E-state index contributed by atoms with van der Waals surface area (Å²) in [5.74, 6) is 1.97. The third kappa shape index (κ3) is 13.9. The first-order chi connectivity index (χ1) is 17.7. The number of hydrogen-bond donors (Lipinski definition) is 0. The molecule has 0 heterocycles. The summed E-state index contributed by atoms with van der Waals surface area (Å²) in [6, 6.07) is 15.7. The van der Waals surface area contributed by atoms with E-state index in [0.29, 0.717) is 0 Å². The van der Waals surface area contributed by atoms with Crippen LogP contribution in [0.1, 0.15) is 119 Å². The Balaban J connectivity index is 1.47. The number of carbonyl (C=O) groups excluding carboxylic acids is 1. The average molecular weight is 509 g/mol. The van der Waals surface area contributed by atoms with Gasteiger partial charge in [0.2, 0.25) is 0 Å². The fourth-order valence-corrected chi connectivity index (χ4v) is 5.30. The number of ketones is 1. The van der Waals surface area contributed by atoms with Crippen molar-refractivity contribution in [3.05, 3.63) is 65.7 Å². The monoisotopic (exact) mass is 508 g/mol. The van der Waals surface area contributed by atoms with E-state index in [1.165, 1.54) is 101 Å². The zero-order chi connectivity index (χ0) is 25.7. The third-order valence-corrected chi connectivity index (χ3v) is 7.77. The number of ether oxygens (including phenoxy) is 1. The molecule has 0 saturated heterocycles. The van der Waals surface area contributed by atoms with E-state index in [2.05, 4.69) is 19.1 Å². The maximum atomic E-state index is 12.5. The van der Waals surface area contributed by atoms with Gasteiger partial charge in [-0.25, -0.2) is 0 Å². The molecule has 0 aliphatic carbocycles. The average Bonchev–Trinajstić information content (AvgIpc) is 2.92. The Morgan fingerprint density at radius 2 is 1.31 bits per heavy atom. The highest BCUT2D eigenvalue weighted by atomic mass is 32.2. The van der Waals surface area contributed by atoms with Gasteiger partial charge in [0, 0.05) is 10.5 Å². The van der Waals surface area contributed by atoms with E-state index in [1.807, 2.05) is 54.2 Å². The summed E-state index contributed by atoms with van der Waals surface area (Å²) in [5.41, 5.74) is 1.68. The van der Waals surface area contributed by atoms with Gasteiger partial charge in [0.15, 0.2) is 5.78 Å². The van der Waals surface area contributed by atoms with E-state index in [9.17, 15) is 4.79 Å². The lowest BCUT2D eigenvalue weighted by Crippen LogP contribution is -1.93. The van der Waals surface area contributed by atoms with Gasteiger partial charge in [0.25, 0.3) is 0 Å². The molecule has 3 heteroatoms. The van der Waals surface area contributed by atoms with Crippen LogP contribution in [0.25, 0.3) is 6.08 Å².